The van der Waals surface area contributed by atoms with Gasteiger partial charge in [0.2, 0.25) is 0 Å². The van der Waals surface area contributed by atoms with Crippen LogP contribution in [0.5, 0.6) is 23.0 Å². The molecule has 1 aliphatic carbocycles. The van der Waals surface area contributed by atoms with Crippen LogP contribution in [-0.2, 0) is 25.7 Å². The highest BCUT2D eigenvalue weighted by Gasteiger charge is 2.24. The molecule has 0 spiro atoms. The van der Waals surface area contributed by atoms with Crippen molar-refractivity contribution in [3.05, 3.63) is 186 Å². The van der Waals surface area contributed by atoms with E-state index >= 15 is 0 Å². The molecule has 0 radical (unpaired) electrons. The van der Waals surface area contributed by atoms with Crippen LogP contribution in [0.4, 0.5) is 0 Å². The van der Waals surface area contributed by atoms with E-state index in [1.165, 1.54) is 0 Å². The molecule has 0 saturated heterocycles. The first-order valence-electron chi connectivity index (χ1n) is 16.0. The predicted molar refractivity (Wildman–Crippen MR) is 199 cm³/mol. The van der Waals surface area contributed by atoms with Crippen LogP contribution in [0.15, 0.2) is 130 Å². The average molecular weight is 791 g/mol. The van der Waals surface area contributed by atoms with Crippen molar-refractivity contribution in [3.8, 4) is 23.0 Å². The van der Waals surface area contributed by atoms with Crippen LogP contribution in [0.3, 0.4) is 0 Å². The van der Waals surface area contributed by atoms with E-state index in [2.05, 4.69) is 31.9 Å². The fourth-order valence-corrected chi connectivity index (χ4v) is 7.45. The smallest absolute Gasteiger partial charge is 0.343 e. The molecule has 0 saturated carbocycles. The molecular formula is C42H30Br2O6. The van der Waals surface area contributed by atoms with E-state index < -0.39 is 11.9 Å². The number of carbonyl (C=O) groups is 2. The van der Waals surface area contributed by atoms with Gasteiger partial charge in [-0.25, -0.2) is 9.59 Å². The van der Waals surface area contributed by atoms with Gasteiger partial charge >= 0.3 is 11.9 Å². The lowest BCUT2D eigenvalue weighted by atomic mass is 9.91. The molecule has 0 heterocycles. The highest BCUT2D eigenvalue weighted by atomic mass is 79.9. The van der Waals surface area contributed by atoms with Gasteiger partial charge in [-0.05, 0) is 93.0 Å². The summed E-state index contributed by atoms with van der Waals surface area (Å²) in [7, 11) is 0. The quantitative estimate of drug-likeness (QED) is 0.136. The number of halogens is 2. The number of para-hydroxylation sites is 2. The molecule has 0 aliphatic heterocycles. The van der Waals surface area contributed by atoms with Gasteiger partial charge in [0.1, 0.15) is 23.0 Å². The molecule has 0 fully saturated rings. The van der Waals surface area contributed by atoms with Gasteiger partial charge in [-0.1, -0.05) is 105 Å². The normalized spacial score (nSPS) is 12.2. The molecule has 8 heteroatoms. The van der Waals surface area contributed by atoms with Crippen molar-refractivity contribution in [3.63, 3.8) is 0 Å². The Morgan fingerprint density at radius 3 is 1.08 bits per heavy atom. The second-order valence-corrected chi connectivity index (χ2v) is 14.0. The average Bonchev–Trinajstić information content (AvgIpc) is 3.11. The second kappa shape index (κ2) is 14.4. The van der Waals surface area contributed by atoms with Gasteiger partial charge in [0.15, 0.2) is 0 Å². The molecule has 6 aromatic carbocycles. The number of carbonyl (C=O) groups excluding carboxylic acids is 2. The van der Waals surface area contributed by atoms with E-state index in [4.69, 9.17) is 9.47 Å². The summed E-state index contributed by atoms with van der Waals surface area (Å²) in [4.78, 5) is 27.1. The monoisotopic (exact) mass is 788 g/mol. The third-order valence-electron chi connectivity index (χ3n) is 8.75. The van der Waals surface area contributed by atoms with Crippen molar-refractivity contribution in [1.82, 2.24) is 0 Å². The largest absolute Gasteiger partial charge is 0.507 e. The lowest BCUT2D eigenvalue weighted by molar-refractivity contribution is 0.0724. The number of rotatable bonds is 4. The van der Waals surface area contributed by atoms with Crippen molar-refractivity contribution >= 4 is 43.8 Å². The number of hydrogen-bond acceptors (Lipinski definition) is 6. The molecular weight excluding hydrogens is 760 g/mol. The molecule has 0 unspecified atom stereocenters. The predicted octanol–water partition coefficient (Wildman–Crippen LogP) is 9.74. The minimum Gasteiger partial charge on any atom is -0.507 e. The SMILES string of the molecule is O=C(Oc1c2cccc1Cc1cccc(c1OC(=O)c1ccccc1)Cc1cc(Br)cc(c1O)Cc1cc(Br)cc(c1O)C2)c1ccccc1. The van der Waals surface area contributed by atoms with Crippen molar-refractivity contribution in [2.24, 2.45) is 0 Å². The summed E-state index contributed by atoms with van der Waals surface area (Å²) in [6.45, 7) is 0. The van der Waals surface area contributed by atoms with Crippen LogP contribution in [0.25, 0.3) is 0 Å². The Morgan fingerprint density at radius 1 is 0.440 bits per heavy atom. The van der Waals surface area contributed by atoms with Crippen molar-refractivity contribution in [2.45, 2.75) is 25.7 Å². The van der Waals surface area contributed by atoms with Crippen LogP contribution in [0, 0.1) is 0 Å². The second-order valence-electron chi connectivity index (χ2n) is 12.2. The van der Waals surface area contributed by atoms with Gasteiger partial charge in [0.25, 0.3) is 0 Å². The van der Waals surface area contributed by atoms with Crippen LogP contribution < -0.4 is 9.47 Å². The molecule has 248 valence electrons. The third kappa shape index (κ3) is 7.08. The van der Waals surface area contributed by atoms with Gasteiger partial charge in [-0.15, -0.1) is 0 Å². The number of aromatic hydroxyl groups is 2. The molecule has 8 bridgehead atoms. The maximum absolute atomic E-state index is 13.5. The molecule has 1 aliphatic rings. The Morgan fingerprint density at radius 2 is 0.740 bits per heavy atom. The summed E-state index contributed by atoms with van der Waals surface area (Å²) < 4.78 is 13.9. The van der Waals surface area contributed by atoms with Crippen molar-refractivity contribution in [2.75, 3.05) is 0 Å². The van der Waals surface area contributed by atoms with Crippen LogP contribution in [-0.4, -0.2) is 22.2 Å². The van der Waals surface area contributed by atoms with Gasteiger partial charge in [0.05, 0.1) is 11.1 Å². The highest BCUT2D eigenvalue weighted by molar-refractivity contribution is 9.10. The lowest BCUT2D eigenvalue weighted by Crippen LogP contribution is -2.14. The number of ether oxygens (including phenoxy) is 2. The summed E-state index contributed by atoms with van der Waals surface area (Å²) >= 11 is 7.24. The Balaban J connectivity index is 1.43. The number of benzene rings is 6. The van der Waals surface area contributed by atoms with E-state index in [1.807, 2.05) is 72.8 Å². The van der Waals surface area contributed by atoms with E-state index in [1.54, 1.807) is 48.5 Å². The number of phenols is 2. The van der Waals surface area contributed by atoms with Crippen molar-refractivity contribution in [1.29, 1.82) is 0 Å². The molecule has 0 atom stereocenters. The van der Waals surface area contributed by atoms with Gasteiger partial charge < -0.3 is 19.7 Å². The summed E-state index contributed by atoms with van der Waals surface area (Å²) in [5.74, 6) is -0.118. The van der Waals surface area contributed by atoms with Crippen LogP contribution >= 0.6 is 31.9 Å². The number of fused-ring (bicyclic) bond motifs is 8. The zero-order valence-electron chi connectivity index (χ0n) is 26.7. The van der Waals surface area contributed by atoms with E-state index in [0.29, 0.717) is 67.1 Å². The van der Waals surface area contributed by atoms with Gasteiger partial charge in [0, 0.05) is 34.6 Å². The maximum atomic E-state index is 13.5. The minimum atomic E-state index is -0.517. The molecule has 2 N–H and O–H groups in total. The third-order valence-corrected chi connectivity index (χ3v) is 9.67. The van der Waals surface area contributed by atoms with Gasteiger partial charge in [-0.2, -0.15) is 0 Å². The topological polar surface area (TPSA) is 93.1 Å². The fourth-order valence-electron chi connectivity index (χ4n) is 6.34. The summed E-state index contributed by atoms with van der Waals surface area (Å²) in [5.41, 5.74) is 6.00. The molecule has 6 nitrogen and oxygen atoms in total. The summed E-state index contributed by atoms with van der Waals surface area (Å²) in [6, 6.07) is 36.2. The van der Waals surface area contributed by atoms with Gasteiger partial charge in [-0.3, -0.25) is 0 Å². The fraction of sp³-hybridized carbons (Fsp3) is 0.0952. The Bertz CT molecular complexity index is 2090. The first kappa shape index (κ1) is 33.3. The Hall–Kier alpha value is -5.18. The number of esters is 2. The molecule has 6 aromatic rings. The first-order chi connectivity index (χ1) is 24.2. The lowest BCUT2D eigenvalue weighted by Gasteiger charge is -2.20. The van der Waals surface area contributed by atoms with E-state index in [0.717, 1.165) is 8.95 Å². The summed E-state index contributed by atoms with van der Waals surface area (Å²) in [6.07, 6.45) is 0.981. The molecule has 0 amide bonds. The first-order valence-corrected chi connectivity index (χ1v) is 17.6. The molecule has 7 rings (SSSR count). The summed E-state index contributed by atoms with van der Waals surface area (Å²) in [5, 5.41) is 23.2. The van der Waals surface area contributed by atoms with Crippen molar-refractivity contribution < 1.29 is 29.3 Å². The minimum absolute atomic E-state index is 0.0901. The standard InChI is InChI=1S/C42H30Br2O6/c43-35-21-31-18-29-15-7-13-27(39(29)49-41(47)25-9-3-1-4-10-25)17-28-14-8-16-30(40(28)50-42(48)26-11-5-2-6-12-26)19-32-22-36(44)24-34(38(32)46)20-33(23-35)37(31)45/h1-16,21-24,45-46H,17-20H2. The van der Waals surface area contributed by atoms with Crippen LogP contribution in [0.2, 0.25) is 0 Å². The number of hydrogen-bond donors (Lipinski definition) is 2. The highest BCUT2D eigenvalue weighted by Crippen LogP contribution is 2.40. The van der Waals surface area contributed by atoms with E-state index in [-0.39, 0.29) is 37.2 Å². The Kier molecular flexibility index (Phi) is 9.57. The molecule has 0 aromatic heterocycles. The number of phenolic OH excluding ortho intramolecular Hbond substituents is 2. The maximum Gasteiger partial charge on any atom is 0.343 e. The molecule has 50 heavy (non-hydrogen) atoms. The van der Waals surface area contributed by atoms with Crippen LogP contribution in [0.1, 0.15) is 65.2 Å². The zero-order valence-corrected chi connectivity index (χ0v) is 29.8. The Labute approximate surface area is 306 Å². The van der Waals surface area contributed by atoms with E-state index in [9.17, 15) is 19.8 Å². The zero-order chi connectivity index (χ0) is 34.8.